The number of aromatic nitrogens is 2. The molecule has 0 aliphatic rings. The first-order valence-corrected chi connectivity index (χ1v) is 6.03. The summed E-state index contributed by atoms with van der Waals surface area (Å²) in [4.78, 5) is 11.8. The zero-order valence-corrected chi connectivity index (χ0v) is 11.7. The fourth-order valence-electron chi connectivity index (χ4n) is 1.87. The van der Waals surface area contributed by atoms with Crippen molar-refractivity contribution in [1.82, 2.24) is 9.78 Å². The van der Waals surface area contributed by atoms with Crippen molar-refractivity contribution in [1.29, 1.82) is 0 Å². The van der Waals surface area contributed by atoms with Crippen LogP contribution in [0.15, 0.2) is 18.2 Å². The molecule has 0 unspecified atom stereocenters. The van der Waals surface area contributed by atoms with Crippen LogP contribution in [0.1, 0.15) is 21.7 Å². The molecule has 6 heteroatoms. The SMILES string of the molecule is COC(=O)c1cc(N)ccc1-n1nc(C)c(Cl)c1C. The molecule has 0 spiro atoms. The molecule has 0 aliphatic carbocycles. The highest BCUT2D eigenvalue weighted by Crippen LogP contribution is 2.25. The first-order chi connectivity index (χ1) is 8.95. The van der Waals surface area contributed by atoms with Gasteiger partial charge in [0.05, 0.1) is 34.8 Å². The van der Waals surface area contributed by atoms with Gasteiger partial charge in [0.1, 0.15) is 0 Å². The molecular weight excluding hydrogens is 266 g/mol. The smallest absolute Gasteiger partial charge is 0.340 e. The maximum atomic E-state index is 11.8. The molecule has 0 atom stereocenters. The Hall–Kier alpha value is -2.01. The Morgan fingerprint density at radius 2 is 2.11 bits per heavy atom. The zero-order valence-electron chi connectivity index (χ0n) is 10.9. The van der Waals surface area contributed by atoms with Crippen molar-refractivity contribution in [3.63, 3.8) is 0 Å². The molecule has 0 amide bonds. The normalized spacial score (nSPS) is 10.5. The van der Waals surface area contributed by atoms with Gasteiger partial charge in [-0.2, -0.15) is 5.10 Å². The van der Waals surface area contributed by atoms with Crippen molar-refractivity contribution in [3.05, 3.63) is 40.2 Å². The van der Waals surface area contributed by atoms with Crippen molar-refractivity contribution in [3.8, 4) is 5.69 Å². The summed E-state index contributed by atoms with van der Waals surface area (Å²) in [6, 6.07) is 4.98. The van der Waals surface area contributed by atoms with Crippen LogP contribution in [0.5, 0.6) is 0 Å². The van der Waals surface area contributed by atoms with E-state index in [0.29, 0.717) is 27.7 Å². The number of carbonyl (C=O) groups excluding carboxylic acids is 1. The monoisotopic (exact) mass is 279 g/mol. The molecule has 2 N–H and O–H groups in total. The van der Waals surface area contributed by atoms with E-state index >= 15 is 0 Å². The van der Waals surface area contributed by atoms with E-state index in [0.717, 1.165) is 5.69 Å². The van der Waals surface area contributed by atoms with Crippen molar-refractivity contribution in [2.45, 2.75) is 13.8 Å². The first kappa shape index (κ1) is 13.4. The van der Waals surface area contributed by atoms with Gasteiger partial charge in [0.15, 0.2) is 0 Å². The Bertz CT molecular complexity index is 650. The molecule has 5 nitrogen and oxygen atoms in total. The summed E-state index contributed by atoms with van der Waals surface area (Å²) in [6.07, 6.45) is 0. The Balaban J connectivity index is 2.68. The van der Waals surface area contributed by atoms with Crippen LogP contribution in [0, 0.1) is 13.8 Å². The van der Waals surface area contributed by atoms with Crippen LogP contribution in [-0.4, -0.2) is 22.9 Å². The Morgan fingerprint density at radius 1 is 1.42 bits per heavy atom. The number of esters is 1. The molecule has 0 saturated carbocycles. The van der Waals surface area contributed by atoms with Crippen molar-refractivity contribution < 1.29 is 9.53 Å². The van der Waals surface area contributed by atoms with Crippen molar-refractivity contribution in [2.75, 3.05) is 12.8 Å². The molecule has 0 fully saturated rings. The quantitative estimate of drug-likeness (QED) is 0.677. The van der Waals surface area contributed by atoms with E-state index in [1.165, 1.54) is 7.11 Å². The van der Waals surface area contributed by atoms with Gasteiger partial charge in [-0.05, 0) is 32.0 Å². The Labute approximate surface area is 115 Å². The van der Waals surface area contributed by atoms with E-state index < -0.39 is 5.97 Å². The number of nitrogen functional groups attached to an aromatic ring is 1. The van der Waals surface area contributed by atoms with E-state index in [4.69, 9.17) is 22.1 Å². The van der Waals surface area contributed by atoms with Crippen LogP contribution in [0.25, 0.3) is 5.69 Å². The lowest BCUT2D eigenvalue weighted by Gasteiger charge is -2.10. The lowest BCUT2D eigenvalue weighted by molar-refractivity contribution is 0.0600. The first-order valence-electron chi connectivity index (χ1n) is 5.65. The van der Waals surface area contributed by atoms with Crippen LogP contribution in [-0.2, 0) is 4.74 Å². The number of hydrogen-bond donors (Lipinski definition) is 1. The number of nitrogens with two attached hydrogens (primary N) is 1. The number of halogens is 1. The van der Waals surface area contributed by atoms with Crippen LogP contribution >= 0.6 is 11.6 Å². The van der Waals surface area contributed by atoms with Crippen LogP contribution < -0.4 is 5.73 Å². The van der Waals surface area contributed by atoms with Crippen LogP contribution in [0.4, 0.5) is 5.69 Å². The van der Waals surface area contributed by atoms with Gasteiger partial charge in [-0.3, -0.25) is 0 Å². The number of ether oxygens (including phenoxy) is 1. The van der Waals surface area contributed by atoms with E-state index in [-0.39, 0.29) is 0 Å². The van der Waals surface area contributed by atoms with Crippen LogP contribution in [0.2, 0.25) is 5.02 Å². The molecule has 1 aromatic heterocycles. The molecule has 0 bridgehead atoms. The van der Waals surface area contributed by atoms with E-state index in [1.807, 2.05) is 6.92 Å². The number of aryl methyl sites for hydroxylation is 1. The summed E-state index contributed by atoms with van der Waals surface area (Å²) >= 11 is 6.12. The molecule has 100 valence electrons. The van der Waals surface area contributed by atoms with E-state index in [9.17, 15) is 4.79 Å². The lowest BCUT2D eigenvalue weighted by atomic mass is 10.1. The molecule has 2 rings (SSSR count). The average molecular weight is 280 g/mol. The standard InChI is InChI=1S/C13H14ClN3O2/c1-7-12(14)8(2)17(16-7)11-5-4-9(15)6-10(11)13(18)19-3/h4-6H,15H2,1-3H3. The van der Waals surface area contributed by atoms with Gasteiger partial charge >= 0.3 is 5.97 Å². The predicted octanol–water partition coefficient (Wildman–Crippen LogP) is 2.51. The second-order valence-corrected chi connectivity index (χ2v) is 4.54. The maximum Gasteiger partial charge on any atom is 0.340 e. The largest absolute Gasteiger partial charge is 0.465 e. The fourth-order valence-corrected chi connectivity index (χ4v) is 1.99. The number of nitrogens with zero attached hydrogens (tertiary/aromatic N) is 2. The molecule has 0 saturated heterocycles. The molecule has 1 heterocycles. The highest BCUT2D eigenvalue weighted by molar-refractivity contribution is 6.31. The third-order valence-electron chi connectivity index (χ3n) is 2.86. The number of hydrogen-bond acceptors (Lipinski definition) is 4. The number of benzene rings is 1. The van der Waals surface area contributed by atoms with Gasteiger partial charge in [0.25, 0.3) is 0 Å². The topological polar surface area (TPSA) is 70.1 Å². The average Bonchev–Trinajstić information content (AvgIpc) is 2.65. The summed E-state index contributed by atoms with van der Waals surface area (Å²) in [7, 11) is 1.32. The number of rotatable bonds is 2. The fraction of sp³-hybridized carbons (Fsp3) is 0.231. The number of anilines is 1. The molecule has 0 aliphatic heterocycles. The Morgan fingerprint density at radius 3 is 2.63 bits per heavy atom. The zero-order chi connectivity index (χ0) is 14.2. The maximum absolute atomic E-state index is 11.8. The lowest BCUT2D eigenvalue weighted by Crippen LogP contribution is -2.10. The summed E-state index contributed by atoms with van der Waals surface area (Å²) in [5, 5.41) is 4.90. The van der Waals surface area contributed by atoms with Crippen LogP contribution in [0.3, 0.4) is 0 Å². The summed E-state index contributed by atoms with van der Waals surface area (Å²) in [5.41, 5.74) is 8.59. The second-order valence-electron chi connectivity index (χ2n) is 4.16. The van der Waals surface area contributed by atoms with Gasteiger partial charge in [0.2, 0.25) is 0 Å². The summed E-state index contributed by atoms with van der Waals surface area (Å²) < 4.78 is 6.38. The highest BCUT2D eigenvalue weighted by Gasteiger charge is 2.18. The van der Waals surface area contributed by atoms with Crippen molar-refractivity contribution >= 4 is 23.3 Å². The molecule has 2 aromatic rings. The number of methoxy groups -OCH3 is 1. The number of carbonyl (C=O) groups is 1. The third kappa shape index (κ3) is 2.29. The minimum absolute atomic E-state index is 0.352. The van der Waals surface area contributed by atoms with E-state index in [2.05, 4.69) is 5.10 Å². The minimum Gasteiger partial charge on any atom is -0.465 e. The van der Waals surface area contributed by atoms with E-state index in [1.54, 1.807) is 29.8 Å². The summed E-state index contributed by atoms with van der Waals surface area (Å²) in [5.74, 6) is -0.467. The second kappa shape index (κ2) is 4.93. The molecule has 0 radical (unpaired) electrons. The predicted molar refractivity (Wildman–Crippen MR) is 73.8 cm³/mol. The van der Waals surface area contributed by atoms with Gasteiger partial charge in [-0.1, -0.05) is 11.6 Å². The molecular formula is C13H14ClN3O2. The van der Waals surface area contributed by atoms with Crippen molar-refractivity contribution in [2.24, 2.45) is 0 Å². The van der Waals surface area contributed by atoms with Gasteiger partial charge in [0, 0.05) is 5.69 Å². The molecule has 19 heavy (non-hydrogen) atoms. The van der Waals surface area contributed by atoms with Gasteiger partial charge in [-0.25, -0.2) is 9.48 Å². The third-order valence-corrected chi connectivity index (χ3v) is 3.40. The van der Waals surface area contributed by atoms with Gasteiger partial charge < -0.3 is 10.5 Å². The summed E-state index contributed by atoms with van der Waals surface area (Å²) in [6.45, 7) is 3.64. The highest BCUT2D eigenvalue weighted by atomic mass is 35.5. The van der Waals surface area contributed by atoms with Gasteiger partial charge in [-0.15, -0.1) is 0 Å². The Kier molecular flexibility index (Phi) is 3.48. The minimum atomic E-state index is -0.467. The molecule has 1 aromatic carbocycles.